The predicted molar refractivity (Wildman–Crippen MR) is 165 cm³/mol. The van der Waals surface area contributed by atoms with Gasteiger partial charge in [-0.2, -0.15) is 36.0 Å². The summed E-state index contributed by atoms with van der Waals surface area (Å²) in [5.41, 5.74) is 0.725. The monoisotopic (exact) mass is 680 g/mol. The van der Waals surface area contributed by atoms with Crippen LogP contribution in [0.15, 0.2) is 52.5 Å². The number of alkyl halides is 3. The number of hydrogen-bond donors (Lipinski definition) is 2. The van der Waals surface area contributed by atoms with E-state index < -0.39 is 39.7 Å². The van der Waals surface area contributed by atoms with Crippen LogP contribution in [0.5, 0.6) is 0 Å². The molecule has 3 aromatic rings. The van der Waals surface area contributed by atoms with Crippen molar-refractivity contribution in [3.8, 4) is 0 Å². The molecule has 6 rings (SSSR count). The van der Waals surface area contributed by atoms with E-state index in [0.29, 0.717) is 55.3 Å². The van der Waals surface area contributed by atoms with Crippen LogP contribution >= 0.6 is 23.4 Å². The van der Waals surface area contributed by atoms with Crippen LogP contribution in [-0.4, -0.2) is 71.0 Å². The summed E-state index contributed by atoms with van der Waals surface area (Å²) >= 11 is 6.99. The summed E-state index contributed by atoms with van der Waals surface area (Å²) in [6.07, 6.45) is -1.08. The number of thioether (sulfide) groups is 1. The van der Waals surface area contributed by atoms with Gasteiger partial charge in [0, 0.05) is 42.5 Å². The molecule has 16 heteroatoms. The van der Waals surface area contributed by atoms with Crippen LogP contribution in [0.3, 0.4) is 0 Å². The van der Waals surface area contributed by atoms with Crippen molar-refractivity contribution in [3.63, 3.8) is 0 Å². The summed E-state index contributed by atoms with van der Waals surface area (Å²) < 4.78 is 70.6. The summed E-state index contributed by atoms with van der Waals surface area (Å²) in [4.78, 5) is 32.4. The number of carbonyl (C=O) groups excluding carboxylic acids is 2. The molecule has 3 aliphatic heterocycles. The number of hydrogen-bond acceptors (Lipinski definition) is 7. The van der Waals surface area contributed by atoms with Crippen molar-refractivity contribution in [2.45, 2.75) is 38.3 Å². The number of nitrogens with zero attached hydrogens (tertiary/aromatic N) is 4. The van der Waals surface area contributed by atoms with Crippen molar-refractivity contribution in [3.05, 3.63) is 69.2 Å². The lowest BCUT2D eigenvalue weighted by Gasteiger charge is -2.32. The Morgan fingerprint density at radius 1 is 1.09 bits per heavy atom. The van der Waals surface area contributed by atoms with Crippen LogP contribution < -0.4 is 4.72 Å². The highest BCUT2D eigenvalue weighted by atomic mass is 35.5. The number of benzene rings is 2. The number of piperidine rings is 1. The first-order chi connectivity index (χ1) is 21.4. The fourth-order valence-corrected chi connectivity index (χ4v) is 8.29. The maximum absolute atomic E-state index is 14.0. The highest BCUT2D eigenvalue weighted by Gasteiger charge is 2.37. The molecular formula is C29H28ClF3N6O4S2. The number of aromatic amines is 1. The van der Waals surface area contributed by atoms with E-state index in [1.165, 1.54) is 16.4 Å². The van der Waals surface area contributed by atoms with Gasteiger partial charge >= 0.3 is 16.4 Å². The van der Waals surface area contributed by atoms with Gasteiger partial charge in [-0.3, -0.25) is 14.7 Å². The van der Waals surface area contributed by atoms with E-state index in [1.54, 1.807) is 24.4 Å². The Labute approximate surface area is 266 Å². The van der Waals surface area contributed by atoms with Gasteiger partial charge in [-0.25, -0.2) is 4.72 Å². The molecule has 2 N–H and O–H groups in total. The molecule has 238 valence electrons. The topological polar surface area (TPSA) is 128 Å². The molecule has 0 unspecified atom stereocenters. The van der Waals surface area contributed by atoms with E-state index in [1.807, 2.05) is 4.90 Å². The molecule has 2 aromatic carbocycles. The largest absolute Gasteiger partial charge is 0.416 e. The van der Waals surface area contributed by atoms with Gasteiger partial charge in [-0.1, -0.05) is 23.7 Å². The molecule has 0 atom stereocenters. The molecule has 2 amide bonds. The number of halogens is 4. The normalized spacial score (nSPS) is 19.8. The Hall–Kier alpha value is -3.40. The summed E-state index contributed by atoms with van der Waals surface area (Å²) in [7, 11) is -3.88. The summed E-state index contributed by atoms with van der Waals surface area (Å²) in [5, 5.41) is 7.91. The second-order valence-electron chi connectivity index (χ2n) is 11.1. The van der Waals surface area contributed by atoms with Gasteiger partial charge in [0.25, 0.3) is 5.91 Å². The standard InChI is InChI=1S/C29H28ClF3N6O4S2/c30-21-5-3-19(23(15-21)29(31,32)33)14-22(18-4-6-24-20(13-18)16-34-36-24)25-27(41)35-28(44-25)38-11-7-17(8-12-38)26(40)37-45(42,43)39-9-1-2-10-39/h3-6,13,15-17H,1-2,7-12,14H2,(H,34,36)(H,37,40). The first-order valence-electron chi connectivity index (χ1n) is 14.3. The third-order valence-electron chi connectivity index (χ3n) is 8.16. The number of rotatable bonds is 6. The minimum Gasteiger partial charge on any atom is -0.351 e. The van der Waals surface area contributed by atoms with Gasteiger partial charge in [0.05, 0.1) is 22.2 Å². The zero-order valence-electron chi connectivity index (χ0n) is 23.7. The summed E-state index contributed by atoms with van der Waals surface area (Å²) in [6, 6.07) is 8.80. The molecular weight excluding hydrogens is 653 g/mol. The van der Waals surface area contributed by atoms with Gasteiger partial charge in [-0.15, -0.1) is 0 Å². The average Bonchev–Trinajstić information content (AvgIpc) is 3.77. The molecule has 10 nitrogen and oxygen atoms in total. The van der Waals surface area contributed by atoms with Crippen LogP contribution in [0.1, 0.15) is 42.4 Å². The second-order valence-corrected chi connectivity index (χ2v) is 14.2. The van der Waals surface area contributed by atoms with E-state index >= 15 is 0 Å². The minimum absolute atomic E-state index is 0.0424. The number of allylic oxidation sites excluding steroid dienone is 1. The van der Waals surface area contributed by atoms with E-state index in [0.717, 1.165) is 41.6 Å². The lowest BCUT2D eigenvalue weighted by Crippen LogP contribution is -2.47. The van der Waals surface area contributed by atoms with Crippen molar-refractivity contribution >= 4 is 67.0 Å². The van der Waals surface area contributed by atoms with E-state index in [9.17, 15) is 31.2 Å². The molecule has 0 aliphatic carbocycles. The lowest BCUT2D eigenvalue weighted by atomic mass is 9.93. The Morgan fingerprint density at radius 3 is 2.53 bits per heavy atom. The number of likely N-dealkylation sites (tertiary alicyclic amines) is 1. The molecule has 0 spiro atoms. The maximum atomic E-state index is 14.0. The molecule has 0 radical (unpaired) electrons. The van der Waals surface area contributed by atoms with Crippen molar-refractivity contribution in [2.24, 2.45) is 10.9 Å². The predicted octanol–water partition coefficient (Wildman–Crippen LogP) is 4.99. The zero-order valence-corrected chi connectivity index (χ0v) is 26.1. The quantitative estimate of drug-likeness (QED) is 0.352. The van der Waals surface area contributed by atoms with E-state index in [-0.39, 0.29) is 21.9 Å². The number of aliphatic imine (C=N–C) groups is 1. The lowest BCUT2D eigenvalue weighted by molar-refractivity contribution is -0.138. The number of carbonyl (C=O) groups is 2. The van der Waals surface area contributed by atoms with Gasteiger partial charge < -0.3 is 4.90 Å². The number of amides is 2. The molecule has 0 saturated carbocycles. The van der Waals surface area contributed by atoms with Crippen molar-refractivity contribution in [1.82, 2.24) is 24.1 Å². The molecule has 45 heavy (non-hydrogen) atoms. The Morgan fingerprint density at radius 2 is 1.82 bits per heavy atom. The number of amidine groups is 1. The van der Waals surface area contributed by atoms with Crippen LogP contribution in [-0.2, 0) is 32.4 Å². The van der Waals surface area contributed by atoms with Crippen LogP contribution in [0.4, 0.5) is 13.2 Å². The third kappa shape index (κ3) is 6.76. The molecule has 1 aromatic heterocycles. The summed E-state index contributed by atoms with van der Waals surface area (Å²) in [6.45, 7) is 1.46. The number of H-pyrrole nitrogens is 1. The number of aromatic nitrogens is 2. The molecule has 2 saturated heterocycles. The van der Waals surface area contributed by atoms with Crippen LogP contribution in [0, 0.1) is 5.92 Å². The zero-order chi connectivity index (χ0) is 31.9. The molecule has 3 aliphatic rings. The highest BCUT2D eigenvalue weighted by molar-refractivity contribution is 8.18. The van der Waals surface area contributed by atoms with Gasteiger partial charge in [-0.05, 0) is 84.8 Å². The van der Waals surface area contributed by atoms with Crippen molar-refractivity contribution < 1.29 is 31.2 Å². The molecule has 0 bridgehead atoms. The van der Waals surface area contributed by atoms with Gasteiger partial charge in [0.1, 0.15) is 0 Å². The summed E-state index contributed by atoms with van der Waals surface area (Å²) in [5.74, 6) is -1.66. The third-order valence-corrected chi connectivity index (χ3v) is 11.1. The fraction of sp³-hybridized carbons (Fsp3) is 0.379. The van der Waals surface area contributed by atoms with E-state index in [4.69, 9.17) is 11.6 Å². The first kappa shape index (κ1) is 31.6. The Kier molecular flexibility index (Phi) is 8.71. The Balaban J connectivity index is 1.23. The van der Waals surface area contributed by atoms with E-state index in [2.05, 4.69) is 19.9 Å². The van der Waals surface area contributed by atoms with Gasteiger partial charge in [0.15, 0.2) is 5.17 Å². The second kappa shape index (κ2) is 12.4. The number of fused-ring (bicyclic) bond motifs is 1. The smallest absolute Gasteiger partial charge is 0.351 e. The van der Waals surface area contributed by atoms with Gasteiger partial charge in [0.2, 0.25) is 5.91 Å². The Bertz CT molecular complexity index is 1830. The fourth-order valence-electron chi connectivity index (χ4n) is 5.76. The van der Waals surface area contributed by atoms with Crippen LogP contribution in [0.2, 0.25) is 5.02 Å². The minimum atomic E-state index is -4.66. The van der Waals surface area contributed by atoms with Crippen LogP contribution in [0.25, 0.3) is 16.5 Å². The first-order valence-corrected chi connectivity index (χ1v) is 16.9. The van der Waals surface area contributed by atoms with Crippen molar-refractivity contribution in [2.75, 3.05) is 26.2 Å². The SMILES string of the molecule is O=C1N=C(N2CCC(C(=O)NS(=O)(=O)N3CCCC3)CC2)SC1=C(Cc1ccc(Cl)cc1C(F)(F)F)c1ccc2[nH]ncc2c1. The maximum Gasteiger partial charge on any atom is 0.416 e. The number of nitrogens with one attached hydrogen (secondary N) is 2. The van der Waals surface area contributed by atoms with Crippen molar-refractivity contribution in [1.29, 1.82) is 0 Å². The molecule has 2 fully saturated rings. The molecule has 4 heterocycles. The highest BCUT2D eigenvalue weighted by Crippen LogP contribution is 2.41. The average molecular weight is 681 g/mol.